The summed E-state index contributed by atoms with van der Waals surface area (Å²) in [5.74, 6) is -5.25. The van der Waals surface area contributed by atoms with E-state index in [0.29, 0.717) is 0 Å². The third-order valence-electron chi connectivity index (χ3n) is 1.70. The lowest BCUT2D eigenvalue weighted by molar-refractivity contribution is -0.143. The Morgan fingerprint density at radius 3 is 2.36 bits per heavy atom. The highest BCUT2D eigenvalue weighted by Crippen LogP contribution is 2.33. The average Bonchev–Trinajstić information content (AvgIpc) is 2.51. The lowest BCUT2D eigenvalue weighted by atomic mass is 10.3. The molecule has 0 aliphatic carbocycles. The summed E-state index contributed by atoms with van der Waals surface area (Å²) < 4.78 is 50.6. The van der Waals surface area contributed by atoms with E-state index in [2.05, 4.69) is 10.2 Å². The van der Waals surface area contributed by atoms with Gasteiger partial charge in [0, 0.05) is 6.04 Å². The van der Waals surface area contributed by atoms with Gasteiger partial charge in [0.1, 0.15) is 6.33 Å². The van der Waals surface area contributed by atoms with Gasteiger partial charge in [0.05, 0.1) is 0 Å². The van der Waals surface area contributed by atoms with Crippen LogP contribution in [0.1, 0.15) is 25.7 Å². The number of rotatable bonds is 3. The molecule has 0 amide bonds. The van der Waals surface area contributed by atoms with Crippen molar-refractivity contribution in [3.05, 3.63) is 12.2 Å². The smallest absolute Gasteiger partial charge is 0.310 e. The van der Waals surface area contributed by atoms with Crippen LogP contribution in [0.15, 0.2) is 6.33 Å². The summed E-state index contributed by atoms with van der Waals surface area (Å²) in [6.07, 6.45) is -2.76. The molecule has 0 spiro atoms. The molecule has 0 radical (unpaired) electrons. The minimum atomic E-state index is -4.25. The SMILES string of the molecule is CC(C)n1cnnc1C(F)(F)C(F)F. The first-order valence-electron chi connectivity index (χ1n) is 3.93. The van der Waals surface area contributed by atoms with Gasteiger partial charge >= 0.3 is 12.3 Å². The summed E-state index contributed by atoms with van der Waals surface area (Å²) in [5, 5.41) is 6.21. The van der Waals surface area contributed by atoms with Crippen LogP contribution in [0, 0.1) is 0 Å². The lowest BCUT2D eigenvalue weighted by Crippen LogP contribution is -2.28. The molecule has 3 nitrogen and oxygen atoms in total. The Morgan fingerprint density at radius 2 is 1.93 bits per heavy atom. The molecule has 0 saturated heterocycles. The summed E-state index contributed by atoms with van der Waals surface area (Å²) in [5.41, 5.74) is 0. The molecule has 1 heterocycles. The molecule has 0 atom stereocenters. The summed E-state index contributed by atoms with van der Waals surface area (Å²) in [4.78, 5) is 0. The third kappa shape index (κ3) is 1.71. The van der Waals surface area contributed by atoms with Crippen LogP contribution in [0.2, 0.25) is 0 Å². The van der Waals surface area contributed by atoms with Crippen molar-refractivity contribution in [2.24, 2.45) is 0 Å². The van der Waals surface area contributed by atoms with Crippen LogP contribution in [0.5, 0.6) is 0 Å². The fourth-order valence-electron chi connectivity index (χ4n) is 0.957. The molecule has 1 rings (SSSR count). The first-order valence-corrected chi connectivity index (χ1v) is 3.93. The minimum Gasteiger partial charge on any atom is -0.310 e. The van der Waals surface area contributed by atoms with Crippen LogP contribution >= 0.6 is 0 Å². The predicted molar refractivity (Wildman–Crippen MR) is 40.3 cm³/mol. The van der Waals surface area contributed by atoms with Crippen molar-refractivity contribution in [3.8, 4) is 0 Å². The Labute approximate surface area is 77.7 Å². The Kier molecular flexibility index (Phi) is 2.77. The molecule has 7 heteroatoms. The maximum absolute atomic E-state index is 12.9. The van der Waals surface area contributed by atoms with Gasteiger partial charge in [0.2, 0.25) is 5.82 Å². The molecule has 1 aromatic rings. The average molecular weight is 211 g/mol. The van der Waals surface area contributed by atoms with E-state index in [1.807, 2.05) is 0 Å². The molecule has 0 unspecified atom stereocenters. The van der Waals surface area contributed by atoms with Crippen molar-refractivity contribution in [1.82, 2.24) is 14.8 Å². The van der Waals surface area contributed by atoms with Crippen LogP contribution in [-0.2, 0) is 5.92 Å². The zero-order valence-electron chi connectivity index (χ0n) is 7.59. The van der Waals surface area contributed by atoms with Crippen LogP contribution in [0.25, 0.3) is 0 Å². The van der Waals surface area contributed by atoms with Gasteiger partial charge in [0.15, 0.2) is 0 Å². The van der Waals surface area contributed by atoms with Gasteiger partial charge < -0.3 is 4.57 Å². The van der Waals surface area contributed by atoms with Gasteiger partial charge in [-0.1, -0.05) is 0 Å². The standard InChI is InChI=1S/C7H9F4N3/c1-4(2)14-3-12-13-6(14)7(10,11)5(8)9/h3-5H,1-2H3. The van der Waals surface area contributed by atoms with Gasteiger partial charge in [-0.25, -0.2) is 8.78 Å². The third-order valence-corrected chi connectivity index (χ3v) is 1.70. The van der Waals surface area contributed by atoms with E-state index in [9.17, 15) is 17.6 Å². The molecular formula is C7H9F4N3. The molecule has 0 fully saturated rings. The van der Waals surface area contributed by atoms with E-state index in [1.165, 1.54) is 0 Å². The first kappa shape index (κ1) is 10.9. The Morgan fingerprint density at radius 1 is 1.36 bits per heavy atom. The molecule has 0 saturated carbocycles. The van der Waals surface area contributed by atoms with Crippen molar-refractivity contribution in [2.45, 2.75) is 32.2 Å². The molecule has 0 N–H and O–H groups in total. The normalized spacial score (nSPS) is 12.9. The van der Waals surface area contributed by atoms with E-state index in [-0.39, 0.29) is 6.04 Å². The second-order valence-corrected chi connectivity index (χ2v) is 3.08. The molecule has 80 valence electrons. The molecule has 14 heavy (non-hydrogen) atoms. The zero-order chi connectivity index (χ0) is 10.9. The highest BCUT2D eigenvalue weighted by molar-refractivity contribution is 4.99. The number of halogens is 4. The van der Waals surface area contributed by atoms with Gasteiger partial charge in [-0.3, -0.25) is 0 Å². The Hall–Kier alpha value is -1.14. The topological polar surface area (TPSA) is 30.7 Å². The van der Waals surface area contributed by atoms with E-state index in [4.69, 9.17) is 0 Å². The van der Waals surface area contributed by atoms with Crippen LogP contribution in [0.3, 0.4) is 0 Å². The maximum Gasteiger partial charge on any atom is 0.365 e. The molecule has 0 aromatic carbocycles. The van der Waals surface area contributed by atoms with Gasteiger partial charge in [-0.2, -0.15) is 8.78 Å². The Bertz CT molecular complexity index is 308. The number of alkyl halides is 4. The molecule has 0 aliphatic heterocycles. The highest BCUT2D eigenvalue weighted by atomic mass is 19.3. The van der Waals surface area contributed by atoms with Crippen molar-refractivity contribution >= 4 is 0 Å². The van der Waals surface area contributed by atoms with E-state index in [0.717, 1.165) is 10.9 Å². The minimum absolute atomic E-state index is 0.385. The van der Waals surface area contributed by atoms with Gasteiger partial charge in [-0.05, 0) is 13.8 Å². The summed E-state index contributed by atoms with van der Waals surface area (Å²) in [6.45, 7) is 3.16. The molecule has 0 aliphatic rings. The highest BCUT2D eigenvalue weighted by Gasteiger charge is 2.47. The van der Waals surface area contributed by atoms with Crippen molar-refractivity contribution in [2.75, 3.05) is 0 Å². The fourth-order valence-corrected chi connectivity index (χ4v) is 0.957. The fraction of sp³-hybridized carbons (Fsp3) is 0.714. The maximum atomic E-state index is 12.9. The summed E-state index contributed by atoms with van der Waals surface area (Å²) >= 11 is 0. The largest absolute Gasteiger partial charge is 0.365 e. The van der Waals surface area contributed by atoms with Gasteiger partial charge in [0.25, 0.3) is 0 Å². The number of hydrogen-bond acceptors (Lipinski definition) is 2. The second kappa shape index (κ2) is 3.55. The molecule has 0 bridgehead atoms. The van der Waals surface area contributed by atoms with Crippen molar-refractivity contribution < 1.29 is 17.6 Å². The number of hydrogen-bond donors (Lipinski definition) is 0. The number of aromatic nitrogens is 3. The first-order chi connectivity index (χ1) is 6.37. The summed E-state index contributed by atoms with van der Waals surface area (Å²) in [6, 6.07) is -0.385. The zero-order valence-corrected chi connectivity index (χ0v) is 7.59. The van der Waals surface area contributed by atoms with E-state index in [1.54, 1.807) is 13.8 Å². The molecular weight excluding hydrogens is 202 g/mol. The van der Waals surface area contributed by atoms with Crippen molar-refractivity contribution in [3.63, 3.8) is 0 Å². The number of nitrogens with zero attached hydrogens (tertiary/aromatic N) is 3. The monoisotopic (exact) mass is 211 g/mol. The van der Waals surface area contributed by atoms with Gasteiger partial charge in [-0.15, -0.1) is 10.2 Å². The van der Waals surface area contributed by atoms with Crippen molar-refractivity contribution in [1.29, 1.82) is 0 Å². The van der Waals surface area contributed by atoms with Crippen LogP contribution in [-0.4, -0.2) is 21.2 Å². The van der Waals surface area contributed by atoms with E-state index < -0.39 is 18.2 Å². The van der Waals surface area contributed by atoms with Crippen LogP contribution < -0.4 is 0 Å². The predicted octanol–water partition coefficient (Wildman–Crippen LogP) is 2.22. The van der Waals surface area contributed by atoms with E-state index >= 15 is 0 Å². The molecule has 1 aromatic heterocycles. The lowest BCUT2D eigenvalue weighted by Gasteiger charge is -2.17. The quantitative estimate of drug-likeness (QED) is 0.717. The Balaban J connectivity index is 3.12. The summed E-state index contributed by atoms with van der Waals surface area (Å²) in [7, 11) is 0. The van der Waals surface area contributed by atoms with Crippen LogP contribution in [0.4, 0.5) is 17.6 Å². The second-order valence-electron chi connectivity index (χ2n) is 3.08.